The number of thiocarbonyl (C=S) groups is 1. The number of nitrogens with two attached hydrogens (primary N) is 1. The second kappa shape index (κ2) is 4.92. The van der Waals surface area contributed by atoms with Gasteiger partial charge in [0.05, 0.1) is 10.9 Å². The predicted octanol–water partition coefficient (Wildman–Crippen LogP) is 1.70. The van der Waals surface area contributed by atoms with Crippen LogP contribution in [0.3, 0.4) is 0 Å². The van der Waals surface area contributed by atoms with Crippen LogP contribution in [0.1, 0.15) is 40.0 Å². The van der Waals surface area contributed by atoms with Crippen LogP contribution in [-0.4, -0.2) is 27.9 Å². The monoisotopic (exact) mass is 228 g/mol. The van der Waals surface area contributed by atoms with Crippen molar-refractivity contribution in [2.45, 2.75) is 52.1 Å². The lowest BCUT2D eigenvalue weighted by molar-refractivity contribution is -0.139. The molecule has 1 rings (SSSR count). The van der Waals surface area contributed by atoms with Gasteiger partial charge in [-0.25, -0.2) is 0 Å². The lowest BCUT2D eigenvalue weighted by atomic mass is 9.95. The van der Waals surface area contributed by atoms with Gasteiger partial charge in [-0.15, -0.1) is 0 Å². The van der Waals surface area contributed by atoms with E-state index in [4.69, 9.17) is 18.0 Å². The van der Waals surface area contributed by atoms with E-state index in [1.54, 1.807) is 6.92 Å². The molecule has 0 bridgehead atoms. The van der Waals surface area contributed by atoms with Gasteiger partial charge in [0, 0.05) is 12.1 Å². The van der Waals surface area contributed by atoms with Gasteiger partial charge in [0.2, 0.25) is 5.91 Å². The number of carbonyl (C=O) groups is 1. The average Bonchev–Trinajstić information content (AvgIpc) is 2.15. The zero-order chi connectivity index (χ0) is 11.6. The van der Waals surface area contributed by atoms with Gasteiger partial charge >= 0.3 is 0 Å². The minimum Gasteiger partial charge on any atom is -0.393 e. The summed E-state index contributed by atoms with van der Waals surface area (Å²) < 4.78 is 0. The largest absolute Gasteiger partial charge is 0.393 e. The molecule has 1 fully saturated rings. The summed E-state index contributed by atoms with van der Waals surface area (Å²) >= 11 is 4.87. The van der Waals surface area contributed by atoms with Gasteiger partial charge in [0.1, 0.15) is 0 Å². The molecule has 0 radical (unpaired) electrons. The van der Waals surface area contributed by atoms with Crippen LogP contribution in [0.2, 0.25) is 0 Å². The Morgan fingerprint density at radius 3 is 2.27 bits per heavy atom. The molecular formula is C11H20N2OS. The molecule has 1 aliphatic heterocycles. The van der Waals surface area contributed by atoms with Gasteiger partial charge in [-0.3, -0.25) is 4.79 Å². The molecule has 1 saturated heterocycles. The average molecular weight is 228 g/mol. The predicted molar refractivity (Wildman–Crippen MR) is 65.6 cm³/mol. The Morgan fingerprint density at radius 2 is 1.87 bits per heavy atom. The molecule has 3 nitrogen and oxygen atoms in total. The van der Waals surface area contributed by atoms with Gasteiger partial charge in [-0.05, 0) is 40.0 Å². The first kappa shape index (κ1) is 12.4. The van der Waals surface area contributed by atoms with Crippen LogP contribution in [0.15, 0.2) is 0 Å². The first-order chi connectivity index (χ1) is 6.95. The normalized spacial score (nSPS) is 28.6. The third-order valence-electron chi connectivity index (χ3n) is 3.25. The maximum atomic E-state index is 12.1. The van der Waals surface area contributed by atoms with E-state index in [1.807, 2.05) is 4.90 Å². The molecule has 0 aromatic rings. The molecule has 0 saturated carbocycles. The van der Waals surface area contributed by atoms with E-state index in [2.05, 4.69) is 13.8 Å². The highest BCUT2D eigenvalue weighted by molar-refractivity contribution is 7.80. The van der Waals surface area contributed by atoms with Gasteiger partial charge < -0.3 is 10.6 Å². The van der Waals surface area contributed by atoms with Crippen molar-refractivity contribution in [3.05, 3.63) is 0 Å². The number of rotatable bonds is 2. The highest BCUT2D eigenvalue weighted by Gasteiger charge is 2.32. The van der Waals surface area contributed by atoms with Crippen LogP contribution in [0.5, 0.6) is 0 Å². The van der Waals surface area contributed by atoms with Gasteiger partial charge in [0.15, 0.2) is 0 Å². The van der Waals surface area contributed by atoms with Crippen molar-refractivity contribution in [1.82, 2.24) is 4.90 Å². The molecule has 1 aliphatic rings. The fourth-order valence-corrected chi connectivity index (χ4v) is 2.30. The Morgan fingerprint density at radius 1 is 1.40 bits per heavy atom. The Labute approximate surface area is 97.0 Å². The topological polar surface area (TPSA) is 46.3 Å². The molecule has 86 valence electrons. The maximum absolute atomic E-state index is 12.1. The van der Waals surface area contributed by atoms with Crippen LogP contribution in [0.25, 0.3) is 0 Å². The Kier molecular flexibility index (Phi) is 4.08. The molecule has 0 aliphatic carbocycles. The number of hydrogen-bond donors (Lipinski definition) is 1. The summed E-state index contributed by atoms with van der Waals surface area (Å²) in [5.41, 5.74) is 5.52. The zero-order valence-corrected chi connectivity index (χ0v) is 10.5. The number of amides is 1. The molecule has 1 amide bonds. The van der Waals surface area contributed by atoms with Crippen molar-refractivity contribution in [3.8, 4) is 0 Å². The summed E-state index contributed by atoms with van der Waals surface area (Å²) in [6, 6.07) is 0.635. The number of piperidine rings is 1. The van der Waals surface area contributed by atoms with Crippen LogP contribution in [0, 0.1) is 5.92 Å². The van der Waals surface area contributed by atoms with E-state index in [0.717, 1.165) is 12.8 Å². The first-order valence-corrected chi connectivity index (χ1v) is 5.97. The molecule has 0 spiro atoms. The molecular weight excluding hydrogens is 208 g/mol. The third kappa shape index (κ3) is 2.68. The molecule has 2 N–H and O–H groups in total. The van der Waals surface area contributed by atoms with Crippen LogP contribution in [0.4, 0.5) is 0 Å². The SMILES string of the molecule is CC(C(=O)N1[C@H](C)CCC[C@@H]1C)C(N)=S. The van der Waals surface area contributed by atoms with E-state index in [1.165, 1.54) is 6.42 Å². The van der Waals surface area contributed by atoms with Crippen molar-refractivity contribution < 1.29 is 4.79 Å². The number of likely N-dealkylation sites (tertiary alicyclic amines) is 1. The van der Waals surface area contributed by atoms with E-state index in [-0.39, 0.29) is 11.8 Å². The van der Waals surface area contributed by atoms with E-state index >= 15 is 0 Å². The van der Waals surface area contributed by atoms with Crippen molar-refractivity contribution >= 4 is 23.1 Å². The summed E-state index contributed by atoms with van der Waals surface area (Å²) in [6.07, 6.45) is 3.37. The third-order valence-corrected chi connectivity index (χ3v) is 3.60. The minimum atomic E-state index is -0.331. The summed E-state index contributed by atoms with van der Waals surface area (Å²) in [4.78, 5) is 14.4. The van der Waals surface area contributed by atoms with E-state index in [0.29, 0.717) is 17.1 Å². The summed E-state index contributed by atoms with van der Waals surface area (Å²) in [5.74, 6) is -0.245. The summed E-state index contributed by atoms with van der Waals surface area (Å²) in [5, 5.41) is 0. The Bertz CT molecular complexity index is 257. The van der Waals surface area contributed by atoms with E-state index in [9.17, 15) is 4.79 Å². The minimum absolute atomic E-state index is 0.0854. The molecule has 3 atom stereocenters. The molecule has 0 aromatic heterocycles. The second-order valence-corrected chi connectivity index (χ2v) is 4.97. The highest BCUT2D eigenvalue weighted by Crippen LogP contribution is 2.24. The van der Waals surface area contributed by atoms with Crippen LogP contribution >= 0.6 is 12.2 Å². The van der Waals surface area contributed by atoms with Crippen molar-refractivity contribution in [1.29, 1.82) is 0 Å². The number of carbonyl (C=O) groups excluding carboxylic acids is 1. The Hall–Kier alpha value is -0.640. The fraction of sp³-hybridized carbons (Fsp3) is 0.818. The fourth-order valence-electron chi connectivity index (χ4n) is 2.20. The van der Waals surface area contributed by atoms with E-state index < -0.39 is 0 Å². The van der Waals surface area contributed by atoms with Crippen molar-refractivity contribution in [2.24, 2.45) is 11.7 Å². The number of hydrogen-bond acceptors (Lipinski definition) is 2. The Balaban J connectivity index is 2.75. The van der Waals surface area contributed by atoms with Gasteiger partial charge in [0.25, 0.3) is 0 Å². The highest BCUT2D eigenvalue weighted by atomic mass is 32.1. The van der Waals surface area contributed by atoms with Crippen molar-refractivity contribution in [2.75, 3.05) is 0 Å². The lowest BCUT2D eigenvalue weighted by Crippen LogP contribution is -2.51. The summed E-state index contributed by atoms with van der Waals surface area (Å²) in [7, 11) is 0. The van der Waals surface area contributed by atoms with Crippen LogP contribution in [-0.2, 0) is 4.79 Å². The van der Waals surface area contributed by atoms with Crippen molar-refractivity contribution in [3.63, 3.8) is 0 Å². The zero-order valence-electron chi connectivity index (χ0n) is 9.69. The maximum Gasteiger partial charge on any atom is 0.232 e. The molecule has 1 unspecified atom stereocenters. The molecule has 1 heterocycles. The molecule has 0 aromatic carbocycles. The molecule has 15 heavy (non-hydrogen) atoms. The number of nitrogens with zero attached hydrogens (tertiary/aromatic N) is 1. The van der Waals surface area contributed by atoms with Gasteiger partial charge in [-0.1, -0.05) is 12.2 Å². The lowest BCUT2D eigenvalue weighted by Gasteiger charge is -2.40. The standard InChI is InChI=1S/C11H20N2OS/c1-7-5-4-6-8(2)13(7)11(14)9(3)10(12)15/h7-9H,4-6H2,1-3H3,(H2,12,15)/t7-,8+,9?. The second-order valence-electron chi connectivity index (χ2n) is 4.50. The summed E-state index contributed by atoms with van der Waals surface area (Å²) in [6.45, 7) is 5.98. The van der Waals surface area contributed by atoms with Gasteiger partial charge in [-0.2, -0.15) is 0 Å². The quantitative estimate of drug-likeness (QED) is 0.732. The first-order valence-electron chi connectivity index (χ1n) is 5.56. The van der Waals surface area contributed by atoms with Crippen LogP contribution < -0.4 is 5.73 Å². The smallest absolute Gasteiger partial charge is 0.232 e. The molecule has 4 heteroatoms.